The van der Waals surface area contributed by atoms with Gasteiger partial charge in [-0.15, -0.1) is 0 Å². The van der Waals surface area contributed by atoms with Crippen LogP contribution in [0, 0.1) is 0 Å². The fraction of sp³-hybridized carbons (Fsp3) is 0.111. The van der Waals surface area contributed by atoms with Crippen LogP contribution in [0.3, 0.4) is 0 Å². The van der Waals surface area contributed by atoms with Gasteiger partial charge < -0.3 is 18.8 Å². The number of carbonyl (C=O) groups is 1. The molecule has 0 bridgehead atoms. The van der Waals surface area contributed by atoms with Crippen molar-refractivity contribution < 1.29 is 19.0 Å². The van der Waals surface area contributed by atoms with Crippen molar-refractivity contribution in [1.29, 1.82) is 0 Å². The van der Waals surface area contributed by atoms with Crippen molar-refractivity contribution in [3.63, 3.8) is 0 Å². The summed E-state index contributed by atoms with van der Waals surface area (Å²) in [5.41, 5.74) is 2.99. The fourth-order valence-electron chi connectivity index (χ4n) is 3.83. The van der Waals surface area contributed by atoms with E-state index in [0.717, 1.165) is 22.0 Å². The van der Waals surface area contributed by atoms with Crippen LogP contribution in [-0.4, -0.2) is 30.2 Å². The van der Waals surface area contributed by atoms with Gasteiger partial charge in [0.1, 0.15) is 6.61 Å². The lowest BCUT2D eigenvalue weighted by Crippen LogP contribution is -2.07. The number of aromatic nitrogens is 1. The Bertz CT molecular complexity index is 1370. The van der Waals surface area contributed by atoms with Crippen LogP contribution in [-0.2, 0) is 16.1 Å². The smallest absolute Gasteiger partial charge is 0.363 e. The number of carbonyl (C=O) groups excluding carboxylic acids is 1. The Kier molecular flexibility index (Phi) is 5.64. The van der Waals surface area contributed by atoms with Crippen LogP contribution in [0.1, 0.15) is 11.1 Å². The summed E-state index contributed by atoms with van der Waals surface area (Å²) in [6, 6.07) is 25.0. The Morgan fingerprint density at radius 3 is 2.48 bits per heavy atom. The number of cyclic esters (lactones) is 1. The molecule has 2 heterocycles. The number of esters is 1. The maximum Gasteiger partial charge on any atom is 0.363 e. The number of hydrogen-bond acceptors (Lipinski definition) is 5. The SMILES string of the molecule is COc1ccccc1OCCn1cc(C=C2N=C(c3ccccc3)OC2=O)c2ccccc21. The lowest BCUT2D eigenvalue weighted by atomic mass is 10.1. The van der Waals surface area contributed by atoms with E-state index in [-0.39, 0.29) is 5.70 Å². The van der Waals surface area contributed by atoms with Crippen molar-refractivity contribution in [2.75, 3.05) is 13.7 Å². The summed E-state index contributed by atoms with van der Waals surface area (Å²) < 4.78 is 18.8. The lowest BCUT2D eigenvalue weighted by molar-refractivity contribution is -0.129. The first-order valence-corrected chi connectivity index (χ1v) is 10.6. The van der Waals surface area contributed by atoms with Crippen LogP contribution in [0.4, 0.5) is 0 Å². The van der Waals surface area contributed by atoms with Crippen LogP contribution in [0.2, 0.25) is 0 Å². The summed E-state index contributed by atoms with van der Waals surface area (Å²) >= 11 is 0. The molecule has 1 aliphatic heterocycles. The number of aliphatic imine (C=N–C) groups is 1. The van der Waals surface area contributed by atoms with Crippen molar-refractivity contribution in [3.8, 4) is 11.5 Å². The van der Waals surface area contributed by atoms with Gasteiger partial charge in [0.15, 0.2) is 17.2 Å². The van der Waals surface area contributed by atoms with Gasteiger partial charge in [0.2, 0.25) is 5.90 Å². The molecule has 3 aromatic carbocycles. The Hall–Kier alpha value is -4.32. The van der Waals surface area contributed by atoms with Gasteiger partial charge >= 0.3 is 5.97 Å². The van der Waals surface area contributed by atoms with Crippen molar-refractivity contribution in [3.05, 3.63) is 102 Å². The molecule has 0 saturated carbocycles. The van der Waals surface area contributed by atoms with E-state index in [9.17, 15) is 4.79 Å². The Balaban J connectivity index is 1.41. The van der Waals surface area contributed by atoms with Gasteiger partial charge in [0, 0.05) is 28.2 Å². The van der Waals surface area contributed by atoms with Gasteiger partial charge in [0.05, 0.1) is 13.7 Å². The summed E-state index contributed by atoms with van der Waals surface area (Å²) in [4.78, 5) is 16.9. The van der Waals surface area contributed by atoms with Crippen LogP contribution in [0.15, 0.2) is 95.7 Å². The Morgan fingerprint density at radius 2 is 1.67 bits per heavy atom. The second kappa shape index (κ2) is 9.04. The molecule has 1 aromatic heterocycles. The quantitative estimate of drug-likeness (QED) is 0.298. The van der Waals surface area contributed by atoms with Gasteiger partial charge in [-0.05, 0) is 36.4 Å². The molecule has 5 rings (SSSR count). The number of para-hydroxylation sites is 3. The zero-order chi connectivity index (χ0) is 22.6. The molecule has 0 radical (unpaired) electrons. The molecule has 0 amide bonds. The molecule has 33 heavy (non-hydrogen) atoms. The van der Waals surface area contributed by atoms with Crippen LogP contribution in [0.25, 0.3) is 17.0 Å². The maximum atomic E-state index is 12.5. The van der Waals surface area contributed by atoms with Gasteiger partial charge in [0.25, 0.3) is 0 Å². The average Bonchev–Trinajstić information content (AvgIpc) is 3.40. The average molecular weight is 438 g/mol. The predicted octanol–water partition coefficient (Wildman–Crippen LogP) is 5.07. The number of rotatable bonds is 7. The molecule has 0 N–H and O–H groups in total. The zero-order valence-electron chi connectivity index (χ0n) is 18.1. The highest BCUT2D eigenvalue weighted by Gasteiger charge is 2.24. The maximum absolute atomic E-state index is 12.5. The molecule has 6 nitrogen and oxygen atoms in total. The molecule has 4 aromatic rings. The van der Waals surface area contributed by atoms with Crippen molar-refractivity contribution in [1.82, 2.24) is 4.57 Å². The minimum Gasteiger partial charge on any atom is -0.493 e. The second-order valence-corrected chi connectivity index (χ2v) is 7.50. The van der Waals surface area contributed by atoms with E-state index < -0.39 is 5.97 Å². The minimum atomic E-state index is -0.454. The molecule has 0 unspecified atom stereocenters. The predicted molar refractivity (Wildman–Crippen MR) is 127 cm³/mol. The van der Waals surface area contributed by atoms with E-state index in [1.807, 2.05) is 85.1 Å². The first-order chi connectivity index (χ1) is 16.2. The first-order valence-electron chi connectivity index (χ1n) is 10.6. The third-order valence-electron chi connectivity index (χ3n) is 5.41. The van der Waals surface area contributed by atoms with E-state index in [0.29, 0.717) is 30.5 Å². The standard InChI is InChI=1S/C27H22N2O4/c1-31-24-13-7-8-14-25(24)32-16-15-29-18-20(21-11-5-6-12-23(21)29)17-22-27(30)33-26(28-22)19-9-3-2-4-10-19/h2-14,17-18H,15-16H2,1H3. The highest BCUT2D eigenvalue weighted by atomic mass is 16.6. The number of benzene rings is 3. The molecule has 1 aliphatic rings. The summed E-state index contributed by atoms with van der Waals surface area (Å²) in [6.45, 7) is 1.10. The molecule has 0 aliphatic carbocycles. The van der Waals surface area contributed by atoms with E-state index >= 15 is 0 Å². The Labute approximate surface area is 191 Å². The highest BCUT2D eigenvalue weighted by molar-refractivity contribution is 6.13. The van der Waals surface area contributed by atoms with E-state index in [2.05, 4.69) is 9.56 Å². The number of hydrogen-bond donors (Lipinski definition) is 0. The number of methoxy groups -OCH3 is 1. The van der Waals surface area contributed by atoms with Crippen LogP contribution < -0.4 is 9.47 Å². The number of nitrogens with zero attached hydrogens (tertiary/aromatic N) is 2. The van der Waals surface area contributed by atoms with Gasteiger partial charge in [-0.1, -0.05) is 48.5 Å². The number of ether oxygens (including phenoxy) is 3. The summed E-state index contributed by atoms with van der Waals surface area (Å²) in [6.07, 6.45) is 3.78. The Morgan fingerprint density at radius 1 is 0.939 bits per heavy atom. The molecular formula is C27H22N2O4. The molecule has 164 valence electrons. The first kappa shape index (κ1) is 20.6. The van der Waals surface area contributed by atoms with Crippen LogP contribution >= 0.6 is 0 Å². The number of fused-ring (bicyclic) bond motifs is 1. The largest absolute Gasteiger partial charge is 0.493 e. The van der Waals surface area contributed by atoms with Crippen molar-refractivity contribution in [2.24, 2.45) is 4.99 Å². The molecule has 0 spiro atoms. The second-order valence-electron chi connectivity index (χ2n) is 7.50. The van der Waals surface area contributed by atoms with E-state index in [4.69, 9.17) is 14.2 Å². The van der Waals surface area contributed by atoms with Crippen molar-refractivity contribution >= 4 is 28.8 Å². The van der Waals surface area contributed by atoms with E-state index in [1.54, 1.807) is 13.2 Å². The third kappa shape index (κ3) is 4.23. The third-order valence-corrected chi connectivity index (χ3v) is 5.41. The monoisotopic (exact) mass is 438 g/mol. The normalized spacial score (nSPS) is 14.4. The topological polar surface area (TPSA) is 62.1 Å². The fourth-order valence-corrected chi connectivity index (χ4v) is 3.83. The summed E-state index contributed by atoms with van der Waals surface area (Å²) in [5, 5.41) is 1.03. The minimum absolute atomic E-state index is 0.280. The molecule has 0 fully saturated rings. The van der Waals surface area contributed by atoms with Gasteiger partial charge in [-0.3, -0.25) is 0 Å². The molecule has 0 saturated heterocycles. The highest BCUT2D eigenvalue weighted by Crippen LogP contribution is 2.28. The zero-order valence-corrected chi connectivity index (χ0v) is 18.1. The lowest BCUT2D eigenvalue weighted by Gasteiger charge is -2.11. The molecule has 0 atom stereocenters. The van der Waals surface area contributed by atoms with Gasteiger partial charge in [-0.2, -0.15) is 0 Å². The summed E-state index contributed by atoms with van der Waals surface area (Å²) in [5.74, 6) is 1.27. The molecule has 6 heteroatoms. The van der Waals surface area contributed by atoms with Crippen molar-refractivity contribution in [2.45, 2.75) is 6.54 Å². The van der Waals surface area contributed by atoms with Gasteiger partial charge in [-0.25, -0.2) is 9.79 Å². The van der Waals surface area contributed by atoms with Crippen LogP contribution in [0.5, 0.6) is 11.5 Å². The summed E-state index contributed by atoms with van der Waals surface area (Å²) in [7, 11) is 1.63. The molecular weight excluding hydrogens is 416 g/mol. The van der Waals surface area contributed by atoms with E-state index in [1.165, 1.54) is 0 Å².